The Labute approximate surface area is 199 Å². The molecule has 0 bridgehead atoms. The molecular weight excluding hydrogens is 456 g/mol. The van der Waals surface area contributed by atoms with E-state index in [1.54, 1.807) is 30.6 Å². The molecular formula is C25H23F2N5OS. The fourth-order valence-electron chi connectivity index (χ4n) is 4.45. The van der Waals surface area contributed by atoms with E-state index in [-0.39, 0.29) is 17.3 Å². The Morgan fingerprint density at radius 3 is 2.74 bits per heavy atom. The van der Waals surface area contributed by atoms with Crippen molar-refractivity contribution in [2.45, 2.75) is 19.4 Å². The van der Waals surface area contributed by atoms with Gasteiger partial charge in [0.1, 0.15) is 17.3 Å². The Bertz CT molecular complexity index is 1340. The summed E-state index contributed by atoms with van der Waals surface area (Å²) in [5.74, 6) is -1.23. The highest BCUT2D eigenvalue weighted by atomic mass is 32.1. The number of anilines is 2. The standard InChI is InChI=1S/C25H23F2N5OS/c1-14-9-15(28)13-32(12-14)21-7-8-29-11-20(21)31-25(33)18-5-6-22-19(30-18)10-23(34-22)24-16(26)3-2-4-17(24)27/h2-8,10-11,14-15H,9,12-13,28H2,1H3,(H,31,33). The molecule has 1 amide bonds. The molecule has 2 atom stereocenters. The van der Waals surface area contributed by atoms with Gasteiger partial charge in [0.05, 0.1) is 33.4 Å². The smallest absolute Gasteiger partial charge is 0.274 e. The minimum absolute atomic E-state index is 0.0663. The molecule has 3 N–H and O–H groups in total. The first-order valence-electron chi connectivity index (χ1n) is 11.0. The highest BCUT2D eigenvalue weighted by molar-refractivity contribution is 7.22. The molecule has 1 aliphatic rings. The van der Waals surface area contributed by atoms with E-state index in [2.05, 4.69) is 27.1 Å². The Balaban J connectivity index is 1.42. The number of carbonyl (C=O) groups is 1. The SMILES string of the molecule is CC1CC(N)CN(c2ccncc2NC(=O)c2ccc3sc(-c4c(F)cccc4F)cc3n2)C1. The summed E-state index contributed by atoms with van der Waals surface area (Å²) in [5.41, 5.74) is 8.25. The lowest BCUT2D eigenvalue weighted by Gasteiger charge is -2.37. The zero-order valence-electron chi connectivity index (χ0n) is 18.5. The number of hydrogen-bond donors (Lipinski definition) is 2. The van der Waals surface area contributed by atoms with Gasteiger partial charge in [-0.1, -0.05) is 13.0 Å². The van der Waals surface area contributed by atoms with Gasteiger partial charge in [-0.25, -0.2) is 13.8 Å². The average molecular weight is 480 g/mol. The fourth-order valence-corrected chi connectivity index (χ4v) is 5.50. The maximum absolute atomic E-state index is 14.2. The van der Waals surface area contributed by atoms with Gasteiger partial charge in [-0.2, -0.15) is 0 Å². The number of piperidine rings is 1. The largest absolute Gasteiger partial charge is 0.368 e. The lowest BCUT2D eigenvalue weighted by Crippen LogP contribution is -2.46. The molecule has 1 aliphatic heterocycles. The summed E-state index contributed by atoms with van der Waals surface area (Å²) in [6, 6.07) is 10.6. The van der Waals surface area contributed by atoms with Crippen LogP contribution in [-0.2, 0) is 0 Å². The van der Waals surface area contributed by atoms with Gasteiger partial charge in [-0.15, -0.1) is 11.3 Å². The number of fused-ring (bicyclic) bond motifs is 1. The number of aromatic nitrogens is 2. The Hall–Kier alpha value is -3.43. The molecule has 1 fully saturated rings. The molecule has 0 spiro atoms. The molecule has 0 aliphatic carbocycles. The van der Waals surface area contributed by atoms with E-state index < -0.39 is 17.5 Å². The number of rotatable bonds is 4. The summed E-state index contributed by atoms with van der Waals surface area (Å²) < 4.78 is 29.2. The summed E-state index contributed by atoms with van der Waals surface area (Å²) in [4.78, 5) is 24.2. The van der Waals surface area contributed by atoms with Crippen LogP contribution in [0, 0.1) is 17.6 Å². The Morgan fingerprint density at radius 1 is 1.18 bits per heavy atom. The first kappa shape index (κ1) is 22.4. The number of benzene rings is 1. The second kappa shape index (κ2) is 9.08. The van der Waals surface area contributed by atoms with Gasteiger partial charge in [-0.05, 0) is 48.7 Å². The lowest BCUT2D eigenvalue weighted by molar-refractivity contribution is 0.102. The number of carbonyl (C=O) groups excluding carboxylic acids is 1. The molecule has 34 heavy (non-hydrogen) atoms. The van der Waals surface area contributed by atoms with Crippen LogP contribution < -0.4 is 16.0 Å². The molecule has 174 valence electrons. The van der Waals surface area contributed by atoms with Gasteiger partial charge in [-0.3, -0.25) is 9.78 Å². The van der Waals surface area contributed by atoms with Crippen LogP contribution in [0.25, 0.3) is 20.7 Å². The summed E-state index contributed by atoms with van der Waals surface area (Å²) in [7, 11) is 0. The number of nitrogens with zero attached hydrogens (tertiary/aromatic N) is 3. The molecule has 9 heteroatoms. The number of hydrogen-bond acceptors (Lipinski definition) is 6. The number of halogens is 2. The molecule has 2 unspecified atom stereocenters. The molecule has 6 nitrogen and oxygen atoms in total. The van der Waals surface area contributed by atoms with Crippen LogP contribution in [0.3, 0.4) is 0 Å². The lowest BCUT2D eigenvalue weighted by atomic mass is 9.96. The van der Waals surface area contributed by atoms with Crippen LogP contribution in [0.5, 0.6) is 0 Å². The van der Waals surface area contributed by atoms with Crippen molar-refractivity contribution in [1.29, 1.82) is 0 Å². The van der Waals surface area contributed by atoms with Gasteiger partial charge < -0.3 is 16.0 Å². The number of amides is 1. The number of thiophene rings is 1. The van der Waals surface area contributed by atoms with Crippen molar-refractivity contribution >= 4 is 38.8 Å². The minimum Gasteiger partial charge on any atom is -0.368 e. The predicted octanol–water partition coefficient (Wildman–Crippen LogP) is 5.06. The van der Waals surface area contributed by atoms with E-state index in [0.717, 1.165) is 23.4 Å². The number of nitrogens with one attached hydrogen (secondary N) is 1. The van der Waals surface area contributed by atoms with Gasteiger partial charge in [0.15, 0.2) is 0 Å². The maximum Gasteiger partial charge on any atom is 0.274 e. The first-order valence-corrected chi connectivity index (χ1v) is 11.8. The highest BCUT2D eigenvalue weighted by Gasteiger charge is 2.25. The van der Waals surface area contributed by atoms with Crippen molar-refractivity contribution in [2.75, 3.05) is 23.3 Å². The molecule has 1 saturated heterocycles. The van der Waals surface area contributed by atoms with Gasteiger partial charge in [0.2, 0.25) is 0 Å². The molecule has 0 radical (unpaired) electrons. The van der Waals surface area contributed by atoms with Crippen LogP contribution in [0.15, 0.2) is 54.9 Å². The second-order valence-electron chi connectivity index (χ2n) is 8.64. The van der Waals surface area contributed by atoms with E-state index in [0.29, 0.717) is 28.5 Å². The van der Waals surface area contributed by atoms with Crippen molar-refractivity contribution in [3.8, 4) is 10.4 Å². The Morgan fingerprint density at radius 2 is 1.97 bits per heavy atom. The van der Waals surface area contributed by atoms with Crippen molar-refractivity contribution in [3.05, 3.63) is 72.2 Å². The Kier molecular flexibility index (Phi) is 5.97. The molecule has 4 aromatic rings. The summed E-state index contributed by atoms with van der Waals surface area (Å²) >= 11 is 1.22. The van der Waals surface area contributed by atoms with Crippen molar-refractivity contribution in [3.63, 3.8) is 0 Å². The molecule has 0 saturated carbocycles. The maximum atomic E-state index is 14.2. The third-order valence-corrected chi connectivity index (χ3v) is 7.00. The average Bonchev–Trinajstić information content (AvgIpc) is 3.21. The summed E-state index contributed by atoms with van der Waals surface area (Å²) in [6.07, 6.45) is 4.27. The summed E-state index contributed by atoms with van der Waals surface area (Å²) in [5, 5.41) is 2.91. The predicted molar refractivity (Wildman–Crippen MR) is 131 cm³/mol. The number of pyridine rings is 2. The van der Waals surface area contributed by atoms with Crippen LogP contribution in [-0.4, -0.2) is 35.0 Å². The third-order valence-electron chi connectivity index (χ3n) is 5.89. The summed E-state index contributed by atoms with van der Waals surface area (Å²) in [6.45, 7) is 3.70. The quantitative estimate of drug-likeness (QED) is 0.427. The van der Waals surface area contributed by atoms with E-state index in [4.69, 9.17) is 5.73 Å². The molecule has 1 aromatic carbocycles. The van der Waals surface area contributed by atoms with Gasteiger partial charge >= 0.3 is 0 Å². The zero-order chi connectivity index (χ0) is 23.8. The highest BCUT2D eigenvalue weighted by Crippen LogP contribution is 2.36. The van der Waals surface area contributed by atoms with Crippen molar-refractivity contribution in [2.24, 2.45) is 11.7 Å². The van der Waals surface area contributed by atoms with Gasteiger partial charge in [0, 0.05) is 30.2 Å². The van der Waals surface area contributed by atoms with Crippen molar-refractivity contribution < 1.29 is 13.6 Å². The first-order chi connectivity index (χ1) is 16.4. The van der Waals surface area contributed by atoms with Gasteiger partial charge in [0.25, 0.3) is 5.91 Å². The molecule has 3 aromatic heterocycles. The molecule has 5 rings (SSSR count). The van der Waals surface area contributed by atoms with E-state index >= 15 is 0 Å². The van der Waals surface area contributed by atoms with E-state index in [9.17, 15) is 13.6 Å². The van der Waals surface area contributed by atoms with Crippen LogP contribution in [0.2, 0.25) is 0 Å². The van der Waals surface area contributed by atoms with E-state index in [1.165, 1.54) is 29.5 Å². The van der Waals surface area contributed by atoms with Crippen LogP contribution >= 0.6 is 11.3 Å². The second-order valence-corrected chi connectivity index (χ2v) is 9.72. The monoisotopic (exact) mass is 479 g/mol. The topological polar surface area (TPSA) is 84.1 Å². The van der Waals surface area contributed by atoms with Crippen molar-refractivity contribution in [1.82, 2.24) is 9.97 Å². The molecule has 4 heterocycles. The van der Waals surface area contributed by atoms with E-state index in [1.807, 2.05) is 6.07 Å². The fraction of sp³-hybridized carbons (Fsp3) is 0.240. The van der Waals surface area contributed by atoms with Crippen LogP contribution in [0.1, 0.15) is 23.8 Å². The van der Waals surface area contributed by atoms with Crippen LogP contribution in [0.4, 0.5) is 20.2 Å². The number of nitrogens with two attached hydrogens (primary N) is 1. The zero-order valence-corrected chi connectivity index (χ0v) is 19.3. The third kappa shape index (κ3) is 4.36. The minimum atomic E-state index is -0.639. The normalized spacial score (nSPS) is 18.3.